The fourth-order valence-electron chi connectivity index (χ4n) is 2.33. The summed E-state index contributed by atoms with van der Waals surface area (Å²) in [7, 11) is 2.41. The molecule has 0 aromatic carbocycles. The van der Waals surface area contributed by atoms with Crippen molar-refractivity contribution in [2.75, 3.05) is 14.2 Å². The smallest absolute Gasteiger partial charge is 0.343 e. The second kappa shape index (κ2) is 4.75. The third-order valence-corrected chi connectivity index (χ3v) is 3.16. The van der Waals surface area contributed by atoms with E-state index in [0.29, 0.717) is 18.5 Å². The number of hydrogen-bond donors (Lipinski definition) is 1. The number of esters is 2. The zero-order chi connectivity index (χ0) is 14.2. The highest BCUT2D eigenvalue weighted by molar-refractivity contribution is 5.94. The summed E-state index contributed by atoms with van der Waals surface area (Å²) in [5.74, 6) is -1.73. The summed E-state index contributed by atoms with van der Waals surface area (Å²) in [5, 5.41) is 9.71. The minimum absolute atomic E-state index is 0.0755. The molecule has 1 aliphatic rings. The number of ether oxygens (including phenoxy) is 2. The number of hydrogen-bond acceptors (Lipinski definition) is 6. The number of aromatic nitrogens is 1. The number of nitrogens with zero attached hydrogens (tertiary/aromatic N) is 1. The topological polar surface area (TPSA) is 94.8 Å². The summed E-state index contributed by atoms with van der Waals surface area (Å²) in [5.41, 5.74) is -0.325. The maximum Gasteiger partial charge on any atom is 0.343 e. The molecule has 1 aliphatic heterocycles. The molecular weight excluding hydrogens is 254 g/mol. The number of aromatic hydroxyl groups is 1. The van der Waals surface area contributed by atoms with Gasteiger partial charge in [0.05, 0.1) is 14.2 Å². The van der Waals surface area contributed by atoms with E-state index >= 15 is 0 Å². The molecule has 0 spiro atoms. The van der Waals surface area contributed by atoms with Gasteiger partial charge >= 0.3 is 11.9 Å². The maximum absolute atomic E-state index is 11.9. The molecule has 7 nitrogen and oxygen atoms in total. The van der Waals surface area contributed by atoms with Crippen molar-refractivity contribution in [3.63, 3.8) is 0 Å². The van der Waals surface area contributed by atoms with Crippen LogP contribution in [0.5, 0.6) is 5.75 Å². The predicted molar refractivity (Wildman–Crippen MR) is 63.1 cm³/mol. The Morgan fingerprint density at radius 1 is 1.37 bits per heavy atom. The summed E-state index contributed by atoms with van der Waals surface area (Å²) < 4.78 is 10.4. The normalized spacial score (nSPS) is 16.8. The van der Waals surface area contributed by atoms with Gasteiger partial charge in [0, 0.05) is 11.8 Å². The SMILES string of the molecule is COC(=O)c1c(O)cc(=O)n2c1CCC2C(=O)OC. The first-order chi connectivity index (χ1) is 9.01. The van der Waals surface area contributed by atoms with Crippen molar-refractivity contribution >= 4 is 11.9 Å². The number of carbonyl (C=O) groups excluding carboxylic acids is 2. The van der Waals surface area contributed by atoms with Crippen LogP contribution in [0.15, 0.2) is 10.9 Å². The van der Waals surface area contributed by atoms with Gasteiger partial charge in [-0.05, 0) is 12.8 Å². The van der Waals surface area contributed by atoms with Crippen molar-refractivity contribution in [1.82, 2.24) is 4.57 Å². The van der Waals surface area contributed by atoms with Crippen molar-refractivity contribution in [1.29, 1.82) is 0 Å². The van der Waals surface area contributed by atoms with Gasteiger partial charge in [-0.25, -0.2) is 9.59 Å². The summed E-state index contributed by atoms with van der Waals surface area (Å²) >= 11 is 0. The molecule has 0 radical (unpaired) electrons. The van der Waals surface area contributed by atoms with Gasteiger partial charge in [-0.3, -0.25) is 9.36 Å². The molecule has 1 aromatic heterocycles. The molecule has 0 fully saturated rings. The average molecular weight is 267 g/mol. The molecule has 1 unspecified atom stereocenters. The van der Waals surface area contributed by atoms with Crippen molar-refractivity contribution in [2.24, 2.45) is 0 Å². The molecule has 0 aliphatic carbocycles. The van der Waals surface area contributed by atoms with Gasteiger partial charge in [-0.15, -0.1) is 0 Å². The van der Waals surface area contributed by atoms with Crippen molar-refractivity contribution in [3.8, 4) is 5.75 Å². The van der Waals surface area contributed by atoms with Crippen LogP contribution in [0.4, 0.5) is 0 Å². The quantitative estimate of drug-likeness (QED) is 0.758. The highest BCUT2D eigenvalue weighted by Crippen LogP contribution is 2.31. The van der Waals surface area contributed by atoms with Gasteiger partial charge in [0.25, 0.3) is 5.56 Å². The van der Waals surface area contributed by atoms with Gasteiger partial charge < -0.3 is 14.6 Å². The van der Waals surface area contributed by atoms with Crippen molar-refractivity contribution in [3.05, 3.63) is 27.7 Å². The Morgan fingerprint density at radius 2 is 2.05 bits per heavy atom. The lowest BCUT2D eigenvalue weighted by molar-refractivity contribution is -0.144. The molecule has 19 heavy (non-hydrogen) atoms. The van der Waals surface area contributed by atoms with Crippen LogP contribution in [-0.4, -0.2) is 35.8 Å². The summed E-state index contributed by atoms with van der Waals surface area (Å²) in [6.07, 6.45) is 0.656. The first-order valence-electron chi connectivity index (χ1n) is 5.64. The number of fused-ring (bicyclic) bond motifs is 1. The van der Waals surface area contributed by atoms with Crippen LogP contribution in [0.3, 0.4) is 0 Å². The van der Waals surface area contributed by atoms with Gasteiger partial charge in [-0.2, -0.15) is 0 Å². The third kappa shape index (κ3) is 1.96. The van der Waals surface area contributed by atoms with Crippen LogP contribution in [0.1, 0.15) is 28.5 Å². The third-order valence-electron chi connectivity index (χ3n) is 3.16. The Bertz CT molecular complexity index is 603. The molecule has 1 atom stereocenters. The fourth-order valence-corrected chi connectivity index (χ4v) is 2.33. The summed E-state index contributed by atoms with van der Waals surface area (Å²) in [4.78, 5) is 35.1. The highest BCUT2D eigenvalue weighted by Gasteiger charge is 2.34. The standard InChI is InChI=1S/C12H13NO6/c1-18-11(16)7-4-3-6-10(12(17)19-2)8(14)5-9(15)13(6)7/h5,7,14H,3-4H2,1-2H3. The van der Waals surface area contributed by atoms with E-state index < -0.39 is 29.3 Å². The van der Waals surface area contributed by atoms with Crippen LogP contribution < -0.4 is 5.56 Å². The number of rotatable bonds is 2. The minimum atomic E-state index is -0.767. The molecule has 2 heterocycles. The van der Waals surface area contributed by atoms with Gasteiger partial charge in [0.2, 0.25) is 0 Å². The molecule has 0 saturated carbocycles. The number of carbonyl (C=O) groups is 2. The van der Waals surface area contributed by atoms with Crippen LogP contribution in [0.25, 0.3) is 0 Å². The Balaban J connectivity index is 2.65. The Kier molecular flexibility index (Phi) is 3.28. The lowest BCUT2D eigenvalue weighted by Crippen LogP contribution is -2.29. The molecular formula is C12H13NO6. The lowest BCUT2D eigenvalue weighted by Gasteiger charge is -2.14. The van der Waals surface area contributed by atoms with E-state index in [1.807, 2.05) is 0 Å². The van der Waals surface area contributed by atoms with Crippen LogP contribution in [0.2, 0.25) is 0 Å². The molecule has 2 rings (SSSR count). The largest absolute Gasteiger partial charge is 0.507 e. The van der Waals surface area contributed by atoms with E-state index in [1.54, 1.807) is 0 Å². The average Bonchev–Trinajstić information content (AvgIpc) is 2.82. The molecule has 1 aromatic rings. The van der Waals surface area contributed by atoms with Gasteiger partial charge in [0.1, 0.15) is 17.4 Å². The maximum atomic E-state index is 11.9. The van der Waals surface area contributed by atoms with Gasteiger partial charge in [-0.1, -0.05) is 0 Å². The first kappa shape index (κ1) is 13.1. The molecule has 102 valence electrons. The van der Waals surface area contributed by atoms with E-state index in [0.717, 1.165) is 6.07 Å². The van der Waals surface area contributed by atoms with Gasteiger partial charge in [0.15, 0.2) is 0 Å². The summed E-state index contributed by atoms with van der Waals surface area (Å²) in [6.45, 7) is 0. The van der Waals surface area contributed by atoms with Crippen LogP contribution >= 0.6 is 0 Å². The number of pyridine rings is 1. The van der Waals surface area contributed by atoms with E-state index in [-0.39, 0.29) is 5.56 Å². The minimum Gasteiger partial charge on any atom is -0.507 e. The van der Waals surface area contributed by atoms with E-state index in [9.17, 15) is 19.5 Å². The zero-order valence-electron chi connectivity index (χ0n) is 10.5. The fraction of sp³-hybridized carbons (Fsp3) is 0.417. The molecule has 0 saturated heterocycles. The second-order valence-electron chi connectivity index (χ2n) is 4.13. The van der Waals surface area contributed by atoms with Crippen molar-refractivity contribution in [2.45, 2.75) is 18.9 Å². The Labute approximate surface area is 108 Å². The molecule has 1 N–H and O–H groups in total. The van der Waals surface area contributed by atoms with Crippen molar-refractivity contribution < 1.29 is 24.2 Å². The predicted octanol–water partition coefficient (Wildman–Crippen LogP) is 0.000800. The van der Waals surface area contributed by atoms with Crippen LogP contribution in [0, 0.1) is 0 Å². The number of methoxy groups -OCH3 is 2. The Hall–Kier alpha value is -2.31. The molecule has 0 amide bonds. The summed E-state index contributed by atoms with van der Waals surface area (Å²) in [6, 6.07) is 0.133. The zero-order valence-corrected chi connectivity index (χ0v) is 10.5. The monoisotopic (exact) mass is 267 g/mol. The molecule has 7 heteroatoms. The second-order valence-corrected chi connectivity index (χ2v) is 4.13. The Morgan fingerprint density at radius 3 is 2.63 bits per heavy atom. The first-order valence-corrected chi connectivity index (χ1v) is 5.64. The van der Waals surface area contributed by atoms with E-state index in [4.69, 9.17) is 0 Å². The van der Waals surface area contributed by atoms with E-state index in [2.05, 4.69) is 9.47 Å². The highest BCUT2D eigenvalue weighted by atomic mass is 16.5. The lowest BCUT2D eigenvalue weighted by atomic mass is 10.1. The van der Waals surface area contributed by atoms with E-state index in [1.165, 1.54) is 18.8 Å². The van der Waals surface area contributed by atoms with Crippen LogP contribution in [-0.2, 0) is 20.7 Å². The molecule has 0 bridgehead atoms.